The molecular formula is C14H20N4O2. The molecule has 0 fully saturated rings. The first kappa shape index (κ1) is 14.5. The Labute approximate surface area is 117 Å². The number of ether oxygens (including phenoxy) is 1. The Morgan fingerprint density at radius 1 is 1.50 bits per heavy atom. The number of nitrogens with two attached hydrogens (primary N) is 1. The second-order valence-corrected chi connectivity index (χ2v) is 4.81. The highest BCUT2D eigenvalue weighted by Crippen LogP contribution is 2.19. The van der Waals surface area contributed by atoms with Crippen LogP contribution in [0.5, 0.6) is 0 Å². The number of aryl methyl sites for hydroxylation is 1. The zero-order valence-corrected chi connectivity index (χ0v) is 12.0. The van der Waals surface area contributed by atoms with Crippen molar-refractivity contribution >= 4 is 16.9 Å². The summed E-state index contributed by atoms with van der Waals surface area (Å²) in [5.41, 5.74) is 7.64. The summed E-state index contributed by atoms with van der Waals surface area (Å²) in [6.07, 6.45) is 0. The number of carbonyl (C=O) groups excluding carboxylic acids is 1. The van der Waals surface area contributed by atoms with Crippen LogP contribution in [-0.2, 0) is 16.6 Å². The predicted molar refractivity (Wildman–Crippen MR) is 77.1 cm³/mol. The highest BCUT2D eigenvalue weighted by molar-refractivity contribution is 5.82. The van der Waals surface area contributed by atoms with Crippen LogP contribution >= 0.6 is 0 Å². The Bertz CT molecular complexity index is 608. The Morgan fingerprint density at radius 2 is 2.20 bits per heavy atom. The first-order valence-corrected chi connectivity index (χ1v) is 6.50. The van der Waals surface area contributed by atoms with E-state index in [2.05, 4.69) is 10.3 Å². The number of para-hydroxylation sites is 2. The van der Waals surface area contributed by atoms with E-state index < -0.39 is 6.04 Å². The fraction of sp³-hybridized carbons (Fsp3) is 0.429. The lowest BCUT2D eigenvalue weighted by Crippen LogP contribution is -2.44. The molecule has 1 aromatic heterocycles. The molecule has 0 aliphatic carbocycles. The summed E-state index contributed by atoms with van der Waals surface area (Å²) >= 11 is 0. The maximum atomic E-state index is 11.9. The minimum Gasteiger partial charge on any atom is -0.383 e. The first-order chi connectivity index (χ1) is 9.54. The predicted octanol–water partition coefficient (Wildman–Crippen LogP) is 0.724. The van der Waals surface area contributed by atoms with Gasteiger partial charge in [-0.25, -0.2) is 4.98 Å². The molecule has 6 nitrogen and oxygen atoms in total. The van der Waals surface area contributed by atoms with E-state index in [-0.39, 0.29) is 18.6 Å². The molecule has 1 aromatic carbocycles. The smallest absolute Gasteiger partial charge is 0.239 e. The lowest BCUT2D eigenvalue weighted by Gasteiger charge is -2.17. The van der Waals surface area contributed by atoms with Crippen LogP contribution in [0.25, 0.3) is 11.0 Å². The summed E-state index contributed by atoms with van der Waals surface area (Å²) < 4.78 is 6.85. The molecule has 0 saturated heterocycles. The maximum absolute atomic E-state index is 11.9. The van der Waals surface area contributed by atoms with Crippen molar-refractivity contribution in [2.45, 2.75) is 19.0 Å². The van der Waals surface area contributed by atoms with Gasteiger partial charge in [0, 0.05) is 14.2 Å². The summed E-state index contributed by atoms with van der Waals surface area (Å²) in [6.45, 7) is 2.08. The van der Waals surface area contributed by atoms with Gasteiger partial charge in [0.25, 0.3) is 0 Å². The van der Waals surface area contributed by atoms with E-state index in [0.29, 0.717) is 0 Å². The number of imidazole rings is 1. The van der Waals surface area contributed by atoms with Gasteiger partial charge in [-0.1, -0.05) is 12.1 Å². The highest BCUT2D eigenvalue weighted by Gasteiger charge is 2.19. The third-order valence-electron chi connectivity index (χ3n) is 3.25. The van der Waals surface area contributed by atoms with E-state index >= 15 is 0 Å². The number of fused-ring (bicyclic) bond motifs is 1. The number of hydrogen-bond donors (Lipinski definition) is 2. The number of aromatic nitrogens is 2. The van der Waals surface area contributed by atoms with Crippen molar-refractivity contribution in [1.29, 1.82) is 0 Å². The zero-order chi connectivity index (χ0) is 14.7. The van der Waals surface area contributed by atoms with Crippen molar-refractivity contribution < 1.29 is 9.53 Å². The number of hydrogen-bond acceptors (Lipinski definition) is 4. The molecule has 1 heterocycles. The third kappa shape index (κ3) is 2.81. The number of amides is 1. The number of benzene rings is 1. The van der Waals surface area contributed by atoms with Crippen LogP contribution in [0.2, 0.25) is 0 Å². The fourth-order valence-electron chi connectivity index (χ4n) is 2.19. The van der Waals surface area contributed by atoms with Crippen molar-refractivity contribution in [2.75, 3.05) is 13.7 Å². The molecule has 1 amide bonds. The topological polar surface area (TPSA) is 82.2 Å². The average molecular weight is 276 g/mol. The van der Waals surface area contributed by atoms with Crippen LogP contribution in [-0.4, -0.2) is 35.2 Å². The summed E-state index contributed by atoms with van der Waals surface area (Å²) in [5.74, 6) is 0.551. The van der Waals surface area contributed by atoms with Crippen molar-refractivity contribution in [3.05, 3.63) is 30.1 Å². The fourth-order valence-corrected chi connectivity index (χ4v) is 2.19. The van der Waals surface area contributed by atoms with E-state index in [0.717, 1.165) is 16.9 Å². The Balaban J connectivity index is 2.17. The van der Waals surface area contributed by atoms with Crippen LogP contribution in [0.15, 0.2) is 24.3 Å². The van der Waals surface area contributed by atoms with Crippen LogP contribution in [0.4, 0.5) is 0 Å². The van der Waals surface area contributed by atoms with Gasteiger partial charge < -0.3 is 20.4 Å². The van der Waals surface area contributed by atoms with E-state index in [4.69, 9.17) is 10.5 Å². The van der Waals surface area contributed by atoms with Crippen molar-refractivity contribution in [3.63, 3.8) is 0 Å². The minimum absolute atomic E-state index is 0.196. The Kier molecular flexibility index (Phi) is 4.36. The average Bonchev–Trinajstić information content (AvgIpc) is 2.77. The number of carbonyl (C=O) groups is 1. The molecule has 108 valence electrons. The molecule has 2 aromatic rings. The molecule has 0 spiro atoms. The van der Waals surface area contributed by atoms with Gasteiger partial charge in [0.2, 0.25) is 5.91 Å². The lowest BCUT2D eigenvalue weighted by atomic mass is 10.2. The molecule has 0 radical (unpaired) electrons. The SMILES string of the molecule is COCC(N)C(=O)NC(C)c1nc2ccccc2n1C. The molecule has 6 heteroatoms. The Hall–Kier alpha value is -1.92. The summed E-state index contributed by atoms with van der Waals surface area (Å²) in [4.78, 5) is 16.4. The van der Waals surface area contributed by atoms with Gasteiger partial charge in [0.1, 0.15) is 11.9 Å². The molecule has 0 saturated carbocycles. The van der Waals surface area contributed by atoms with Crippen LogP contribution in [0, 0.1) is 0 Å². The molecule has 2 atom stereocenters. The minimum atomic E-state index is -0.669. The number of nitrogens with one attached hydrogen (secondary N) is 1. The molecule has 2 rings (SSSR count). The van der Waals surface area contributed by atoms with Gasteiger partial charge in [-0.15, -0.1) is 0 Å². The molecule has 0 bridgehead atoms. The van der Waals surface area contributed by atoms with Crippen molar-refractivity contribution in [3.8, 4) is 0 Å². The standard InChI is InChI=1S/C14H20N4O2/c1-9(16-14(19)10(15)8-20-3)13-17-11-6-4-5-7-12(11)18(13)2/h4-7,9-10H,8,15H2,1-3H3,(H,16,19). The molecule has 3 N–H and O–H groups in total. The van der Waals surface area contributed by atoms with Gasteiger partial charge in [-0.05, 0) is 19.1 Å². The lowest BCUT2D eigenvalue weighted by molar-refractivity contribution is -0.124. The largest absolute Gasteiger partial charge is 0.383 e. The Morgan fingerprint density at radius 3 is 2.85 bits per heavy atom. The molecule has 0 aliphatic heterocycles. The molecule has 0 aliphatic rings. The first-order valence-electron chi connectivity index (χ1n) is 6.50. The van der Waals surface area contributed by atoms with E-state index in [1.165, 1.54) is 7.11 Å². The summed E-state index contributed by atoms with van der Waals surface area (Å²) in [7, 11) is 3.45. The van der Waals surface area contributed by atoms with Gasteiger partial charge in [0.05, 0.1) is 23.7 Å². The quantitative estimate of drug-likeness (QED) is 0.843. The van der Waals surface area contributed by atoms with Gasteiger partial charge in [-0.2, -0.15) is 0 Å². The normalized spacial score (nSPS) is 14.2. The van der Waals surface area contributed by atoms with Crippen LogP contribution in [0.1, 0.15) is 18.8 Å². The van der Waals surface area contributed by atoms with Crippen molar-refractivity contribution in [1.82, 2.24) is 14.9 Å². The highest BCUT2D eigenvalue weighted by atomic mass is 16.5. The van der Waals surface area contributed by atoms with Gasteiger partial charge in [0.15, 0.2) is 0 Å². The zero-order valence-electron chi connectivity index (χ0n) is 12.0. The van der Waals surface area contributed by atoms with E-state index in [1.54, 1.807) is 0 Å². The van der Waals surface area contributed by atoms with Crippen LogP contribution < -0.4 is 11.1 Å². The van der Waals surface area contributed by atoms with Crippen molar-refractivity contribution in [2.24, 2.45) is 12.8 Å². The molecule has 2 unspecified atom stereocenters. The molecular weight excluding hydrogens is 256 g/mol. The van der Waals surface area contributed by atoms with E-state index in [1.807, 2.05) is 42.8 Å². The number of methoxy groups -OCH3 is 1. The number of rotatable bonds is 5. The van der Waals surface area contributed by atoms with Crippen LogP contribution in [0.3, 0.4) is 0 Å². The monoisotopic (exact) mass is 276 g/mol. The maximum Gasteiger partial charge on any atom is 0.239 e. The summed E-state index contributed by atoms with van der Waals surface area (Å²) in [5, 5.41) is 2.86. The van der Waals surface area contributed by atoms with Gasteiger partial charge >= 0.3 is 0 Å². The number of nitrogens with zero attached hydrogens (tertiary/aromatic N) is 2. The van der Waals surface area contributed by atoms with Gasteiger partial charge in [-0.3, -0.25) is 4.79 Å². The second-order valence-electron chi connectivity index (χ2n) is 4.81. The molecule has 20 heavy (non-hydrogen) atoms. The summed E-state index contributed by atoms with van der Waals surface area (Å²) in [6, 6.07) is 6.96. The van der Waals surface area contributed by atoms with E-state index in [9.17, 15) is 4.79 Å². The third-order valence-corrected chi connectivity index (χ3v) is 3.25. The second kappa shape index (κ2) is 6.02.